The summed E-state index contributed by atoms with van der Waals surface area (Å²) in [6.45, 7) is 8.67. The summed E-state index contributed by atoms with van der Waals surface area (Å²) in [6, 6.07) is 8.89. The van der Waals surface area contributed by atoms with Gasteiger partial charge in [0, 0.05) is 37.9 Å². The van der Waals surface area contributed by atoms with Crippen LogP contribution in [0.5, 0.6) is 0 Å². The van der Waals surface area contributed by atoms with Crippen molar-refractivity contribution in [1.82, 2.24) is 4.90 Å². The molecule has 2 fully saturated rings. The van der Waals surface area contributed by atoms with E-state index in [1.165, 1.54) is 5.69 Å². The average Bonchev–Trinajstić information content (AvgIpc) is 3.06. The molecule has 4 heteroatoms. The third kappa shape index (κ3) is 3.09. The summed E-state index contributed by atoms with van der Waals surface area (Å²) in [5.74, 6) is -0.656. The summed E-state index contributed by atoms with van der Waals surface area (Å²) in [7, 11) is 0. The van der Waals surface area contributed by atoms with Crippen molar-refractivity contribution in [3.63, 3.8) is 0 Å². The lowest BCUT2D eigenvalue weighted by Gasteiger charge is -2.38. The van der Waals surface area contributed by atoms with Gasteiger partial charge in [-0.25, -0.2) is 0 Å². The fourth-order valence-electron chi connectivity index (χ4n) is 4.10. The Balaban J connectivity index is 1.79. The molecular formula is C19H28N2O2. The number of nitrogens with zero attached hydrogens (tertiary/aromatic N) is 2. The van der Waals surface area contributed by atoms with Crippen LogP contribution < -0.4 is 4.90 Å². The molecule has 126 valence electrons. The van der Waals surface area contributed by atoms with E-state index in [0.29, 0.717) is 6.04 Å². The zero-order valence-electron chi connectivity index (χ0n) is 14.3. The number of carbonyl (C=O) groups is 1. The smallest absolute Gasteiger partial charge is 0.314 e. The average molecular weight is 316 g/mol. The number of piperazine rings is 1. The first kappa shape index (κ1) is 16.3. The van der Waals surface area contributed by atoms with E-state index in [4.69, 9.17) is 0 Å². The van der Waals surface area contributed by atoms with Crippen LogP contribution >= 0.6 is 0 Å². The Kier molecular flexibility index (Phi) is 4.62. The number of anilines is 1. The van der Waals surface area contributed by atoms with Gasteiger partial charge in [-0.1, -0.05) is 25.0 Å². The Hall–Kier alpha value is -1.55. The van der Waals surface area contributed by atoms with E-state index in [9.17, 15) is 9.90 Å². The SMILES string of the molecule is CC(C)N1CCN(c2cccc(C3(C(=O)O)CCCC3)c2)CC1. The number of rotatable bonds is 4. The van der Waals surface area contributed by atoms with E-state index in [1.54, 1.807) is 0 Å². The van der Waals surface area contributed by atoms with Crippen molar-refractivity contribution < 1.29 is 9.90 Å². The Morgan fingerprint density at radius 2 is 1.78 bits per heavy atom. The van der Waals surface area contributed by atoms with Crippen molar-refractivity contribution in [3.05, 3.63) is 29.8 Å². The zero-order valence-corrected chi connectivity index (χ0v) is 14.3. The van der Waals surface area contributed by atoms with Gasteiger partial charge in [-0.05, 0) is 44.4 Å². The highest BCUT2D eigenvalue weighted by Gasteiger charge is 2.43. The molecule has 0 atom stereocenters. The maximum atomic E-state index is 11.9. The van der Waals surface area contributed by atoms with Crippen LogP contribution in [0.25, 0.3) is 0 Å². The molecule has 1 saturated carbocycles. The van der Waals surface area contributed by atoms with Crippen LogP contribution in [0.1, 0.15) is 45.1 Å². The molecule has 2 aliphatic rings. The third-order valence-electron chi connectivity index (χ3n) is 5.67. The molecule has 1 aliphatic heterocycles. The first-order chi connectivity index (χ1) is 11.0. The lowest BCUT2D eigenvalue weighted by molar-refractivity contribution is -0.143. The molecule has 1 aromatic carbocycles. The quantitative estimate of drug-likeness (QED) is 0.927. The maximum Gasteiger partial charge on any atom is 0.314 e. The summed E-state index contributed by atoms with van der Waals surface area (Å²) in [6.07, 6.45) is 3.58. The number of carboxylic acids is 1. The predicted octanol–water partition coefficient (Wildman–Crippen LogP) is 3.11. The highest BCUT2D eigenvalue weighted by Crippen LogP contribution is 2.42. The van der Waals surface area contributed by atoms with Crippen LogP contribution in [0.3, 0.4) is 0 Å². The molecule has 23 heavy (non-hydrogen) atoms. The predicted molar refractivity (Wildman–Crippen MR) is 93.1 cm³/mol. The van der Waals surface area contributed by atoms with Crippen molar-refractivity contribution in [1.29, 1.82) is 0 Å². The number of hydrogen-bond donors (Lipinski definition) is 1. The van der Waals surface area contributed by atoms with E-state index < -0.39 is 11.4 Å². The van der Waals surface area contributed by atoms with E-state index in [0.717, 1.165) is 57.4 Å². The van der Waals surface area contributed by atoms with E-state index in [2.05, 4.69) is 35.8 Å². The minimum Gasteiger partial charge on any atom is -0.481 e. The lowest BCUT2D eigenvalue weighted by Crippen LogP contribution is -2.49. The summed E-state index contributed by atoms with van der Waals surface area (Å²) >= 11 is 0. The van der Waals surface area contributed by atoms with E-state index in [-0.39, 0.29) is 0 Å². The van der Waals surface area contributed by atoms with Gasteiger partial charge in [0.05, 0.1) is 5.41 Å². The highest BCUT2D eigenvalue weighted by molar-refractivity contribution is 5.82. The lowest BCUT2D eigenvalue weighted by atomic mass is 9.79. The first-order valence-electron chi connectivity index (χ1n) is 8.86. The molecule has 0 radical (unpaired) electrons. The molecule has 0 unspecified atom stereocenters. The molecule has 3 rings (SSSR count). The van der Waals surface area contributed by atoms with Crippen LogP contribution in [0.2, 0.25) is 0 Å². The van der Waals surface area contributed by atoms with Gasteiger partial charge < -0.3 is 10.0 Å². The Labute approximate surface area is 139 Å². The van der Waals surface area contributed by atoms with Crippen LogP contribution in [0.4, 0.5) is 5.69 Å². The molecule has 0 aromatic heterocycles. The monoisotopic (exact) mass is 316 g/mol. The van der Waals surface area contributed by atoms with E-state index in [1.807, 2.05) is 12.1 Å². The van der Waals surface area contributed by atoms with Crippen LogP contribution in [0, 0.1) is 0 Å². The van der Waals surface area contributed by atoms with Crippen molar-refractivity contribution >= 4 is 11.7 Å². The highest BCUT2D eigenvalue weighted by atomic mass is 16.4. The summed E-state index contributed by atoms with van der Waals surface area (Å²) in [4.78, 5) is 16.8. The number of benzene rings is 1. The Bertz CT molecular complexity index is 556. The molecule has 0 spiro atoms. The normalized spacial score (nSPS) is 21.8. The molecule has 4 nitrogen and oxygen atoms in total. The van der Waals surface area contributed by atoms with Crippen molar-refractivity contribution in [2.45, 2.75) is 51.0 Å². The van der Waals surface area contributed by atoms with Gasteiger partial charge in [-0.3, -0.25) is 9.69 Å². The van der Waals surface area contributed by atoms with Gasteiger partial charge in [-0.2, -0.15) is 0 Å². The topological polar surface area (TPSA) is 43.8 Å². The summed E-state index contributed by atoms with van der Waals surface area (Å²) in [5.41, 5.74) is 1.51. The molecule has 1 N–H and O–H groups in total. The number of hydrogen-bond acceptors (Lipinski definition) is 3. The second-order valence-electron chi connectivity index (χ2n) is 7.26. The van der Waals surface area contributed by atoms with Crippen LogP contribution in [-0.4, -0.2) is 48.2 Å². The van der Waals surface area contributed by atoms with E-state index >= 15 is 0 Å². The standard InChI is InChI=1S/C19H28N2O2/c1-15(2)20-10-12-21(13-11-20)17-7-5-6-16(14-17)19(18(22)23)8-3-4-9-19/h5-7,14-15H,3-4,8-13H2,1-2H3,(H,22,23). The van der Waals surface area contributed by atoms with Crippen molar-refractivity contribution in [2.24, 2.45) is 0 Å². The molecule has 1 saturated heterocycles. The molecule has 0 bridgehead atoms. The molecular weight excluding hydrogens is 288 g/mol. The minimum absolute atomic E-state index is 0.595. The fourth-order valence-corrected chi connectivity index (χ4v) is 4.10. The Morgan fingerprint density at radius 3 is 2.35 bits per heavy atom. The second-order valence-corrected chi connectivity index (χ2v) is 7.26. The number of aliphatic carboxylic acids is 1. The van der Waals surface area contributed by atoms with Gasteiger partial charge in [-0.15, -0.1) is 0 Å². The van der Waals surface area contributed by atoms with Gasteiger partial charge in [0.25, 0.3) is 0 Å². The fraction of sp³-hybridized carbons (Fsp3) is 0.632. The minimum atomic E-state index is -0.657. The molecule has 0 amide bonds. The Morgan fingerprint density at radius 1 is 1.13 bits per heavy atom. The first-order valence-corrected chi connectivity index (χ1v) is 8.86. The van der Waals surface area contributed by atoms with Gasteiger partial charge >= 0.3 is 5.97 Å². The van der Waals surface area contributed by atoms with Crippen LogP contribution in [0.15, 0.2) is 24.3 Å². The second kappa shape index (κ2) is 6.52. The van der Waals surface area contributed by atoms with Gasteiger partial charge in [0.2, 0.25) is 0 Å². The van der Waals surface area contributed by atoms with Crippen molar-refractivity contribution in [2.75, 3.05) is 31.1 Å². The van der Waals surface area contributed by atoms with Gasteiger partial charge in [0.1, 0.15) is 0 Å². The molecule has 1 aromatic rings. The summed E-state index contributed by atoms with van der Waals surface area (Å²) in [5, 5.41) is 9.79. The third-order valence-corrected chi connectivity index (χ3v) is 5.67. The molecule has 1 aliphatic carbocycles. The largest absolute Gasteiger partial charge is 0.481 e. The maximum absolute atomic E-state index is 11.9. The van der Waals surface area contributed by atoms with Crippen molar-refractivity contribution in [3.8, 4) is 0 Å². The van der Waals surface area contributed by atoms with Crippen LogP contribution in [-0.2, 0) is 10.2 Å². The van der Waals surface area contributed by atoms with Gasteiger partial charge in [0.15, 0.2) is 0 Å². The zero-order chi connectivity index (χ0) is 16.4. The number of carboxylic acid groups (broad SMARTS) is 1. The molecule has 1 heterocycles. The summed E-state index contributed by atoms with van der Waals surface area (Å²) < 4.78 is 0.